The molecule has 0 aromatic rings. The lowest BCUT2D eigenvalue weighted by atomic mass is 9.43. The molecule has 0 radical (unpaired) electrons. The van der Waals surface area contributed by atoms with Crippen LogP contribution in [0.1, 0.15) is 231 Å². The Balaban J connectivity index is 1.00. The van der Waals surface area contributed by atoms with Crippen molar-refractivity contribution in [1.82, 2.24) is 0 Å². The summed E-state index contributed by atoms with van der Waals surface area (Å²) in [6, 6.07) is 0. The standard InChI is InChI=1S/C60H98O4/c61-57(59(63,53-33-37-17-1-5-21-41(37)45-25-9-13-29-49(45)53)54-34-38-18-2-6-22-42(38)46-26-10-14-30-50(46)54)58(62)60(64,55-35-39-19-3-7-23-43(39)47-27-11-15-31-51(47)55)56-36-40-20-4-8-24-44(40)48-28-12-16-32-52(48)56/h37-58,61-64H,1-36H2. The maximum absolute atomic E-state index is 15.0. The van der Waals surface area contributed by atoms with Crippen LogP contribution >= 0.6 is 0 Å². The van der Waals surface area contributed by atoms with Crippen molar-refractivity contribution < 1.29 is 20.4 Å². The fourth-order valence-corrected chi connectivity index (χ4v) is 23.3. The van der Waals surface area contributed by atoms with Crippen LogP contribution in [0.2, 0.25) is 0 Å². The summed E-state index contributed by atoms with van der Waals surface area (Å²) in [5.41, 5.74) is -2.72. The van der Waals surface area contributed by atoms with Crippen molar-refractivity contribution in [2.24, 2.45) is 118 Å². The lowest BCUT2D eigenvalue weighted by Gasteiger charge is -2.65. The molecule has 0 amide bonds. The third-order valence-electron chi connectivity index (χ3n) is 25.5. The molecule has 362 valence electrons. The number of hydrogen-bond acceptors (Lipinski definition) is 4. The second-order valence-corrected chi connectivity index (χ2v) is 27.3. The van der Waals surface area contributed by atoms with Crippen LogP contribution in [0, 0.1) is 118 Å². The van der Waals surface area contributed by atoms with E-state index in [2.05, 4.69) is 0 Å². The summed E-state index contributed by atoms with van der Waals surface area (Å²) in [6.45, 7) is 0. The Morgan fingerprint density at radius 2 is 0.406 bits per heavy atom. The molecule has 4 heteroatoms. The average molecular weight is 883 g/mol. The van der Waals surface area contributed by atoms with E-state index in [4.69, 9.17) is 0 Å². The molecule has 0 bridgehead atoms. The Hall–Kier alpha value is -0.160. The van der Waals surface area contributed by atoms with Crippen LogP contribution in [0.3, 0.4) is 0 Å². The van der Waals surface area contributed by atoms with Crippen LogP contribution in [-0.2, 0) is 0 Å². The first-order valence-corrected chi connectivity index (χ1v) is 30.2. The van der Waals surface area contributed by atoms with Gasteiger partial charge in [-0.05, 0) is 221 Å². The van der Waals surface area contributed by atoms with Crippen LogP contribution in [0.5, 0.6) is 0 Å². The average Bonchev–Trinajstić information content (AvgIpc) is 3.36. The largest absolute Gasteiger partial charge is 0.387 e. The number of fused-ring (bicyclic) bond motifs is 12. The lowest BCUT2D eigenvalue weighted by Crippen LogP contribution is -2.73. The van der Waals surface area contributed by atoms with Crippen LogP contribution in [0.15, 0.2) is 0 Å². The molecule has 12 rings (SSSR count). The maximum atomic E-state index is 15.0. The third-order valence-corrected chi connectivity index (χ3v) is 25.5. The minimum atomic E-state index is -1.36. The molecule has 64 heavy (non-hydrogen) atoms. The minimum Gasteiger partial charge on any atom is -0.387 e. The predicted molar refractivity (Wildman–Crippen MR) is 258 cm³/mol. The summed E-state index contributed by atoms with van der Waals surface area (Å²) in [4.78, 5) is 0. The van der Waals surface area contributed by atoms with E-state index in [-0.39, 0.29) is 23.7 Å². The molecule has 12 aliphatic rings. The normalized spacial score (nSPS) is 52.1. The molecule has 12 aliphatic carbocycles. The topological polar surface area (TPSA) is 80.9 Å². The first-order valence-electron chi connectivity index (χ1n) is 30.2. The molecule has 0 spiro atoms. The molecule has 22 unspecified atom stereocenters. The van der Waals surface area contributed by atoms with Crippen LogP contribution < -0.4 is 0 Å². The highest BCUT2D eigenvalue weighted by molar-refractivity contribution is 5.18. The van der Waals surface area contributed by atoms with Crippen molar-refractivity contribution in [2.45, 2.75) is 255 Å². The first kappa shape index (κ1) is 45.0. The number of aliphatic hydroxyl groups excluding tert-OH is 2. The van der Waals surface area contributed by atoms with Gasteiger partial charge in [0.25, 0.3) is 0 Å². The van der Waals surface area contributed by atoms with Gasteiger partial charge in [-0.25, -0.2) is 0 Å². The van der Waals surface area contributed by atoms with E-state index in [1.54, 1.807) is 0 Å². The molecule has 4 N–H and O–H groups in total. The van der Waals surface area contributed by atoms with Gasteiger partial charge in [0.1, 0.15) is 12.2 Å². The maximum Gasteiger partial charge on any atom is 0.112 e. The molecule has 0 aromatic heterocycles. The molecule has 0 heterocycles. The number of rotatable bonds is 7. The smallest absolute Gasteiger partial charge is 0.112 e. The Kier molecular flexibility index (Phi) is 13.0. The molecule has 0 saturated heterocycles. The van der Waals surface area contributed by atoms with Gasteiger partial charge in [0.05, 0.1) is 11.2 Å². The van der Waals surface area contributed by atoms with Gasteiger partial charge < -0.3 is 20.4 Å². The van der Waals surface area contributed by atoms with E-state index in [1.165, 1.54) is 205 Å². The SMILES string of the molecule is OC(C(O)C(O)(C1CC2CCCCC2C2CCCCC21)C1CC2CCCCC2C2CCCCC21)C(O)(C1CC2CCCCC2C2CCCCC21)C1CC2CCCCC2C2CCCCC21. The van der Waals surface area contributed by atoms with Gasteiger partial charge >= 0.3 is 0 Å². The van der Waals surface area contributed by atoms with Crippen molar-refractivity contribution in [3.63, 3.8) is 0 Å². The van der Waals surface area contributed by atoms with Gasteiger partial charge in [0, 0.05) is 0 Å². The number of hydrogen-bond donors (Lipinski definition) is 4. The van der Waals surface area contributed by atoms with E-state index >= 15 is 10.2 Å². The highest BCUT2D eigenvalue weighted by Crippen LogP contribution is 2.67. The number of aliphatic hydroxyl groups is 4. The van der Waals surface area contributed by atoms with Crippen LogP contribution in [0.25, 0.3) is 0 Å². The lowest BCUT2D eigenvalue weighted by molar-refractivity contribution is -0.291. The minimum absolute atomic E-state index is 0.0341. The third kappa shape index (κ3) is 7.40. The monoisotopic (exact) mass is 883 g/mol. The zero-order valence-corrected chi connectivity index (χ0v) is 40.9. The summed E-state index contributed by atoms with van der Waals surface area (Å²) < 4.78 is 0. The van der Waals surface area contributed by atoms with Crippen LogP contribution in [-0.4, -0.2) is 43.8 Å². The van der Waals surface area contributed by atoms with E-state index in [0.29, 0.717) is 71.0 Å². The quantitative estimate of drug-likeness (QED) is 0.205. The molecule has 12 fully saturated rings. The second-order valence-electron chi connectivity index (χ2n) is 27.3. The zero-order valence-electron chi connectivity index (χ0n) is 40.9. The summed E-state index contributed by atoms with van der Waals surface area (Å²) in [6.07, 6.45) is 43.6. The van der Waals surface area contributed by atoms with E-state index < -0.39 is 23.4 Å². The van der Waals surface area contributed by atoms with Gasteiger partial charge in [-0.3, -0.25) is 0 Å². The Bertz CT molecular complexity index is 1360. The fraction of sp³-hybridized carbons (Fsp3) is 1.00. The highest BCUT2D eigenvalue weighted by atomic mass is 16.4. The highest BCUT2D eigenvalue weighted by Gasteiger charge is 2.68. The summed E-state index contributed by atoms with van der Waals surface area (Å²) >= 11 is 0. The van der Waals surface area contributed by atoms with Gasteiger partial charge in [0.15, 0.2) is 0 Å². The molecule has 4 nitrogen and oxygen atoms in total. The van der Waals surface area contributed by atoms with Crippen LogP contribution in [0.4, 0.5) is 0 Å². The predicted octanol–water partition coefficient (Wildman–Crippen LogP) is 13.7. The van der Waals surface area contributed by atoms with Crippen molar-refractivity contribution in [3.05, 3.63) is 0 Å². The first-order chi connectivity index (χ1) is 31.4. The second kappa shape index (κ2) is 18.5. The van der Waals surface area contributed by atoms with E-state index in [1.807, 2.05) is 0 Å². The Morgan fingerprint density at radius 1 is 0.234 bits per heavy atom. The molecular formula is C60H98O4. The Labute approximate surface area is 391 Å². The molecule has 0 aliphatic heterocycles. The van der Waals surface area contributed by atoms with E-state index in [9.17, 15) is 10.2 Å². The molecule has 0 aromatic carbocycles. The van der Waals surface area contributed by atoms with Crippen molar-refractivity contribution in [2.75, 3.05) is 0 Å². The molecule has 12 saturated carbocycles. The summed E-state index contributed by atoms with van der Waals surface area (Å²) in [7, 11) is 0. The van der Waals surface area contributed by atoms with Gasteiger partial charge in [-0.15, -0.1) is 0 Å². The van der Waals surface area contributed by atoms with Crippen molar-refractivity contribution in [3.8, 4) is 0 Å². The molecular weight excluding hydrogens is 785 g/mol. The summed E-state index contributed by atoms with van der Waals surface area (Å²) in [5.74, 6) is 10.3. The summed E-state index contributed by atoms with van der Waals surface area (Å²) in [5, 5.41) is 58.7. The zero-order chi connectivity index (χ0) is 43.2. The van der Waals surface area contributed by atoms with Crippen molar-refractivity contribution >= 4 is 0 Å². The van der Waals surface area contributed by atoms with Gasteiger partial charge in [-0.2, -0.15) is 0 Å². The van der Waals surface area contributed by atoms with E-state index in [0.717, 1.165) is 49.4 Å². The van der Waals surface area contributed by atoms with Gasteiger partial charge in [-0.1, -0.05) is 128 Å². The fourth-order valence-electron chi connectivity index (χ4n) is 23.3. The molecule has 22 atom stereocenters. The van der Waals surface area contributed by atoms with Gasteiger partial charge in [0.2, 0.25) is 0 Å². The Morgan fingerprint density at radius 3 is 0.625 bits per heavy atom. The van der Waals surface area contributed by atoms with Crippen molar-refractivity contribution in [1.29, 1.82) is 0 Å².